The van der Waals surface area contributed by atoms with Crippen LogP contribution in [0.15, 0.2) is 16.7 Å². The van der Waals surface area contributed by atoms with Crippen LogP contribution in [0.5, 0.6) is 0 Å². The number of hydrogen-bond donors (Lipinski definition) is 1. The zero-order valence-electron chi connectivity index (χ0n) is 10.2. The number of halogens is 1. The second-order valence-corrected chi connectivity index (χ2v) is 4.74. The summed E-state index contributed by atoms with van der Waals surface area (Å²) in [6, 6.07) is 1.62. The molecule has 0 aliphatic heterocycles. The number of anilines is 1. The number of carbonyl (C=O) groups is 1. The maximum absolute atomic E-state index is 12.3. The number of nitrogens with zero attached hydrogens (tertiary/aromatic N) is 2. The van der Waals surface area contributed by atoms with Crippen molar-refractivity contribution in [2.45, 2.75) is 26.7 Å². The van der Waals surface area contributed by atoms with Crippen LogP contribution < -0.4 is 5.73 Å². The van der Waals surface area contributed by atoms with Crippen molar-refractivity contribution < 1.29 is 4.79 Å². The standard InChI is InChI=1S/C12H18BrN3O/c1-3-5-16(6-4-2)12(17)9-7-11(14)15-8-10(9)13/h7-8H,3-6H2,1-2H3,(H2,14,15). The third-order valence-corrected chi connectivity index (χ3v) is 3.01. The van der Waals surface area contributed by atoms with Crippen LogP contribution in [0.25, 0.3) is 0 Å². The van der Waals surface area contributed by atoms with Crippen LogP contribution in [-0.2, 0) is 0 Å². The van der Waals surface area contributed by atoms with Crippen molar-refractivity contribution in [1.29, 1.82) is 0 Å². The van der Waals surface area contributed by atoms with Crippen LogP contribution in [0, 0.1) is 0 Å². The molecule has 0 unspecified atom stereocenters. The molecule has 4 nitrogen and oxygen atoms in total. The first-order valence-corrected chi connectivity index (χ1v) is 6.59. The van der Waals surface area contributed by atoms with Gasteiger partial charge in [0.15, 0.2) is 0 Å². The fraction of sp³-hybridized carbons (Fsp3) is 0.500. The van der Waals surface area contributed by atoms with Crippen LogP contribution in [0.1, 0.15) is 37.0 Å². The molecule has 5 heteroatoms. The fourth-order valence-electron chi connectivity index (χ4n) is 1.64. The minimum atomic E-state index is 0.00896. The Morgan fingerprint density at radius 1 is 1.41 bits per heavy atom. The van der Waals surface area contributed by atoms with E-state index in [1.165, 1.54) is 0 Å². The van der Waals surface area contributed by atoms with Crippen molar-refractivity contribution in [3.63, 3.8) is 0 Å². The zero-order valence-corrected chi connectivity index (χ0v) is 11.8. The van der Waals surface area contributed by atoms with Gasteiger partial charge in [0.2, 0.25) is 0 Å². The second kappa shape index (κ2) is 6.59. The Labute approximate surface area is 110 Å². The maximum atomic E-state index is 12.3. The van der Waals surface area contributed by atoms with E-state index in [0.29, 0.717) is 15.9 Å². The predicted octanol–water partition coefficient (Wildman–Crippen LogP) is 2.69. The Bertz CT molecular complexity index is 389. The highest BCUT2D eigenvalue weighted by molar-refractivity contribution is 9.10. The van der Waals surface area contributed by atoms with Gasteiger partial charge in [0, 0.05) is 23.8 Å². The Morgan fingerprint density at radius 2 is 2.00 bits per heavy atom. The van der Waals surface area contributed by atoms with E-state index >= 15 is 0 Å². The molecule has 1 aromatic heterocycles. The second-order valence-electron chi connectivity index (χ2n) is 3.88. The molecular formula is C12H18BrN3O. The van der Waals surface area contributed by atoms with Crippen LogP contribution in [-0.4, -0.2) is 28.9 Å². The molecule has 1 rings (SSSR count). The largest absolute Gasteiger partial charge is 0.384 e. The number of amides is 1. The fourth-order valence-corrected chi connectivity index (χ4v) is 2.03. The van der Waals surface area contributed by atoms with Gasteiger partial charge in [-0.1, -0.05) is 13.8 Å². The predicted molar refractivity (Wildman–Crippen MR) is 72.8 cm³/mol. The molecule has 0 fully saturated rings. The lowest BCUT2D eigenvalue weighted by Crippen LogP contribution is -2.32. The Morgan fingerprint density at radius 3 is 2.53 bits per heavy atom. The highest BCUT2D eigenvalue weighted by Gasteiger charge is 2.17. The van der Waals surface area contributed by atoms with Gasteiger partial charge < -0.3 is 10.6 Å². The van der Waals surface area contributed by atoms with E-state index in [1.54, 1.807) is 12.3 Å². The number of hydrogen-bond acceptors (Lipinski definition) is 3. The quantitative estimate of drug-likeness (QED) is 0.909. The van der Waals surface area contributed by atoms with Crippen molar-refractivity contribution in [3.05, 3.63) is 22.3 Å². The molecule has 1 amide bonds. The van der Waals surface area contributed by atoms with Gasteiger partial charge in [-0.05, 0) is 34.8 Å². The number of nitrogen functional groups attached to an aromatic ring is 1. The summed E-state index contributed by atoms with van der Waals surface area (Å²) in [4.78, 5) is 18.1. The Hall–Kier alpha value is -1.10. The number of nitrogens with two attached hydrogens (primary N) is 1. The molecule has 0 atom stereocenters. The number of rotatable bonds is 5. The molecule has 0 saturated heterocycles. The average molecular weight is 300 g/mol. The van der Waals surface area contributed by atoms with Crippen LogP contribution in [0.3, 0.4) is 0 Å². The van der Waals surface area contributed by atoms with Gasteiger partial charge in [0.25, 0.3) is 5.91 Å². The normalized spacial score (nSPS) is 10.3. The minimum absolute atomic E-state index is 0.00896. The summed E-state index contributed by atoms with van der Waals surface area (Å²) in [5, 5.41) is 0. The maximum Gasteiger partial charge on any atom is 0.255 e. The lowest BCUT2D eigenvalue weighted by Gasteiger charge is -2.22. The van der Waals surface area contributed by atoms with Crippen molar-refractivity contribution in [2.24, 2.45) is 0 Å². The average Bonchev–Trinajstić information content (AvgIpc) is 2.31. The first-order valence-electron chi connectivity index (χ1n) is 5.80. The lowest BCUT2D eigenvalue weighted by molar-refractivity contribution is 0.0754. The first kappa shape index (κ1) is 14.0. The highest BCUT2D eigenvalue weighted by atomic mass is 79.9. The van der Waals surface area contributed by atoms with Crippen molar-refractivity contribution in [3.8, 4) is 0 Å². The molecule has 0 aliphatic carbocycles. The Kier molecular flexibility index (Phi) is 5.41. The highest BCUT2D eigenvalue weighted by Crippen LogP contribution is 2.19. The van der Waals surface area contributed by atoms with E-state index in [1.807, 2.05) is 4.90 Å². The van der Waals surface area contributed by atoms with E-state index in [-0.39, 0.29) is 5.91 Å². The van der Waals surface area contributed by atoms with Gasteiger partial charge in [-0.3, -0.25) is 4.79 Å². The lowest BCUT2D eigenvalue weighted by atomic mass is 10.2. The summed E-state index contributed by atoms with van der Waals surface area (Å²) in [7, 11) is 0. The summed E-state index contributed by atoms with van der Waals surface area (Å²) in [5.41, 5.74) is 6.19. The van der Waals surface area contributed by atoms with E-state index < -0.39 is 0 Å². The number of aromatic nitrogens is 1. The minimum Gasteiger partial charge on any atom is -0.384 e. The third-order valence-electron chi connectivity index (χ3n) is 2.38. The van der Waals surface area contributed by atoms with Crippen molar-refractivity contribution in [2.75, 3.05) is 18.8 Å². The molecule has 1 aromatic rings. The molecule has 0 bridgehead atoms. The first-order chi connectivity index (χ1) is 8.10. The van der Waals surface area contributed by atoms with Crippen LogP contribution in [0.2, 0.25) is 0 Å². The summed E-state index contributed by atoms with van der Waals surface area (Å²) in [6.07, 6.45) is 3.46. The van der Waals surface area contributed by atoms with Gasteiger partial charge in [-0.2, -0.15) is 0 Å². The van der Waals surface area contributed by atoms with Crippen molar-refractivity contribution >= 4 is 27.7 Å². The van der Waals surface area contributed by atoms with E-state index in [9.17, 15) is 4.79 Å². The summed E-state index contributed by atoms with van der Waals surface area (Å²) in [6.45, 7) is 5.65. The summed E-state index contributed by atoms with van der Waals surface area (Å²) in [5.74, 6) is 0.374. The molecule has 0 saturated carbocycles. The molecule has 2 N–H and O–H groups in total. The van der Waals surface area contributed by atoms with Gasteiger partial charge in [-0.15, -0.1) is 0 Å². The molecule has 0 spiro atoms. The molecule has 0 aliphatic rings. The van der Waals surface area contributed by atoms with E-state index in [2.05, 4.69) is 34.8 Å². The summed E-state index contributed by atoms with van der Waals surface area (Å²) >= 11 is 3.34. The Balaban J connectivity index is 2.95. The molecule has 1 heterocycles. The van der Waals surface area contributed by atoms with Crippen LogP contribution >= 0.6 is 15.9 Å². The van der Waals surface area contributed by atoms with Crippen LogP contribution in [0.4, 0.5) is 5.82 Å². The molecular weight excluding hydrogens is 282 g/mol. The molecule has 0 aromatic carbocycles. The summed E-state index contributed by atoms with van der Waals surface area (Å²) < 4.78 is 0.689. The van der Waals surface area contributed by atoms with Crippen molar-refractivity contribution in [1.82, 2.24) is 9.88 Å². The molecule has 0 radical (unpaired) electrons. The number of pyridine rings is 1. The van der Waals surface area contributed by atoms with Gasteiger partial charge in [0.1, 0.15) is 5.82 Å². The smallest absolute Gasteiger partial charge is 0.255 e. The van der Waals surface area contributed by atoms with Gasteiger partial charge in [-0.25, -0.2) is 4.98 Å². The topological polar surface area (TPSA) is 59.2 Å². The number of carbonyl (C=O) groups excluding carboxylic acids is 1. The van der Waals surface area contributed by atoms with E-state index in [4.69, 9.17) is 5.73 Å². The van der Waals surface area contributed by atoms with Gasteiger partial charge in [0.05, 0.1) is 5.56 Å². The monoisotopic (exact) mass is 299 g/mol. The molecule has 94 valence electrons. The third kappa shape index (κ3) is 3.70. The SMILES string of the molecule is CCCN(CCC)C(=O)c1cc(N)ncc1Br. The van der Waals surface area contributed by atoms with E-state index in [0.717, 1.165) is 25.9 Å². The van der Waals surface area contributed by atoms with Gasteiger partial charge >= 0.3 is 0 Å². The zero-order chi connectivity index (χ0) is 12.8. The molecule has 17 heavy (non-hydrogen) atoms.